The molecule has 0 amide bonds. The highest BCUT2D eigenvalue weighted by Gasteiger charge is 2.09. The zero-order valence-corrected chi connectivity index (χ0v) is 19.8. The summed E-state index contributed by atoms with van der Waals surface area (Å²) in [5.74, 6) is 2.18. The minimum atomic E-state index is -0.00835. The molecule has 2 N–H and O–H groups in total. The van der Waals surface area contributed by atoms with Crippen LogP contribution in [0, 0.1) is 6.92 Å². The topological polar surface area (TPSA) is 77.0 Å². The van der Waals surface area contributed by atoms with Crippen molar-refractivity contribution in [3.63, 3.8) is 0 Å². The number of aryl methyl sites for hydroxylation is 1. The van der Waals surface area contributed by atoms with E-state index in [1.54, 1.807) is 20.4 Å². The number of guanidine groups is 1. The molecule has 2 rings (SSSR count). The lowest BCUT2D eigenvalue weighted by Crippen LogP contribution is -2.41. The molecule has 1 heterocycles. The van der Waals surface area contributed by atoms with Crippen LogP contribution in [0.15, 0.2) is 47.6 Å². The van der Waals surface area contributed by atoms with Gasteiger partial charge in [0, 0.05) is 32.5 Å². The molecule has 0 aliphatic heterocycles. The van der Waals surface area contributed by atoms with Crippen LogP contribution >= 0.6 is 24.0 Å². The summed E-state index contributed by atoms with van der Waals surface area (Å²) >= 11 is 0. The van der Waals surface area contributed by atoms with Gasteiger partial charge in [0.15, 0.2) is 5.96 Å². The van der Waals surface area contributed by atoms with Crippen molar-refractivity contribution >= 4 is 29.9 Å². The quantitative estimate of drug-likeness (QED) is 0.220. The summed E-state index contributed by atoms with van der Waals surface area (Å²) in [5, 5.41) is 6.56. The highest BCUT2D eigenvalue weighted by Crippen LogP contribution is 2.17. The molecule has 0 saturated carbocycles. The second kappa shape index (κ2) is 14.0. The summed E-state index contributed by atoms with van der Waals surface area (Å²) in [6.07, 6.45) is 1.70. The largest absolute Gasteiger partial charge is 0.489 e. The van der Waals surface area contributed by atoms with Gasteiger partial charge in [-0.2, -0.15) is 0 Å². The molecule has 0 saturated heterocycles. The van der Waals surface area contributed by atoms with Gasteiger partial charge in [0.1, 0.15) is 18.5 Å². The molecule has 29 heavy (non-hydrogen) atoms. The Kier molecular flexibility index (Phi) is 12.1. The Hall–Kier alpha value is -2.07. The summed E-state index contributed by atoms with van der Waals surface area (Å²) < 4.78 is 16.7. The molecule has 0 aliphatic rings. The first-order valence-electron chi connectivity index (χ1n) is 9.36. The van der Waals surface area contributed by atoms with Crippen LogP contribution in [-0.4, -0.2) is 51.0 Å². The molecule has 0 fully saturated rings. The molecule has 1 aromatic heterocycles. The smallest absolute Gasteiger partial charge is 0.218 e. The maximum atomic E-state index is 5.99. The van der Waals surface area contributed by atoms with E-state index in [0.717, 1.165) is 16.9 Å². The monoisotopic (exact) mass is 514 g/mol. The zero-order valence-electron chi connectivity index (χ0n) is 17.5. The molecule has 0 aliphatic carbocycles. The molecule has 8 heteroatoms. The number of nitrogens with one attached hydrogen (secondary N) is 2. The molecule has 2 aromatic rings. The van der Waals surface area contributed by atoms with Crippen LogP contribution in [-0.2, 0) is 11.3 Å². The Morgan fingerprint density at radius 3 is 2.66 bits per heavy atom. The van der Waals surface area contributed by atoms with Crippen molar-refractivity contribution in [3.05, 3.63) is 53.7 Å². The average Bonchev–Trinajstić information content (AvgIpc) is 2.71. The first kappa shape index (κ1) is 25.0. The number of methoxy groups -OCH3 is 1. The van der Waals surface area contributed by atoms with Gasteiger partial charge in [0.25, 0.3) is 0 Å². The Balaban J connectivity index is 0.00000420. The predicted molar refractivity (Wildman–Crippen MR) is 126 cm³/mol. The zero-order chi connectivity index (χ0) is 20.2. The maximum Gasteiger partial charge on any atom is 0.218 e. The predicted octanol–water partition coefficient (Wildman–Crippen LogP) is 3.17. The fourth-order valence-corrected chi connectivity index (χ4v) is 2.50. The van der Waals surface area contributed by atoms with Gasteiger partial charge in [-0.05, 0) is 31.5 Å². The van der Waals surface area contributed by atoms with E-state index in [0.29, 0.717) is 38.1 Å². The van der Waals surface area contributed by atoms with E-state index in [9.17, 15) is 0 Å². The Morgan fingerprint density at radius 1 is 1.14 bits per heavy atom. The van der Waals surface area contributed by atoms with Crippen molar-refractivity contribution in [2.24, 2.45) is 4.99 Å². The minimum Gasteiger partial charge on any atom is -0.489 e. The third-order valence-corrected chi connectivity index (χ3v) is 4.02. The molecule has 1 atom stereocenters. The number of rotatable bonds is 10. The summed E-state index contributed by atoms with van der Waals surface area (Å²) in [5.41, 5.74) is 2.07. The van der Waals surface area contributed by atoms with Crippen LogP contribution in [0.4, 0.5) is 0 Å². The lowest BCUT2D eigenvalue weighted by atomic mass is 10.2. The summed E-state index contributed by atoms with van der Waals surface area (Å²) in [4.78, 5) is 8.55. The number of aromatic nitrogens is 1. The summed E-state index contributed by atoms with van der Waals surface area (Å²) in [6.45, 7) is 6.21. The highest BCUT2D eigenvalue weighted by atomic mass is 127. The van der Waals surface area contributed by atoms with Gasteiger partial charge in [-0.1, -0.05) is 24.3 Å². The van der Waals surface area contributed by atoms with Crippen LogP contribution < -0.4 is 20.1 Å². The van der Waals surface area contributed by atoms with Crippen molar-refractivity contribution in [1.29, 1.82) is 0 Å². The van der Waals surface area contributed by atoms with Gasteiger partial charge in [0.2, 0.25) is 5.88 Å². The number of benzene rings is 1. The fourth-order valence-electron chi connectivity index (χ4n) is 2.50. The molecule has 0 radical (unpaired) electrons. The maximum absolute atomic E-state index is 5.99. The molecule has 0 spiro atoms. The van der Waals surface area contributed by atoms with Gasteiger partial charge < -0.3 is 24.8 Å². The Bertz CT molecular complexity index is 758. The molecular formula is C21H31IN4O3. The molecule has 7 nitrogen and oxygen atoms in total. The number of nitrogens with zero attached hydrogens (tertiary/aromatic N) is 2. The van der Waals surface area contributed by atoms with Crippen LogP contribution in [0.5, 0.6) is 11.6 Å². The second-order valence-corrected chi connectivity index (χ2v) is 6.31. The average molecular weight is 514 g/mol. The van der Waals surface area contributed by atoms with Gasteiger partial charge in [-0.25, -0.2) is 4.98 Å². The third-order valence-electron chi connectivity index (χ3n) is 4.02. The van der Waals surface area contributed by atoms with E-state index in [2.05, 4.69) is 20.6 Å². The first-order chi connectivity index (χ1) is 13.6. The van der Waals surface area contributed by atoms with Crippen molar-refractivity contribution in [3.8, 4) is 11.6 Å². The number of halogens is 1. The van der Waals surface area contributed by atoms with Crippen molar-refractivity contribution in [1.82, 2.24) is 15.6 Å². The number of hydrogen-bond donors (Lipinski definition) is 2. The van der Waals surface area contributed by atoms with Gasteiger partial charge in [-0.3, -0.25) is 4.99 Å². The van der Waals surface area contributed by atoms with E-state index in [-0.39, 0.29) is 30.1 Å². The van der Waals surface area contributed by atoms with Crippen molar-refractivity contribution < 1.29 is 14.2 Å². The Labute approximate surface area is 190 Å². The molecule has 1 unspecified atom stereocenters. The minimum absolute atomic E-state index is 0. The van der Waals surface area contributed by atoms with Gasteiger partial charge in [0.05, 0.1) is 13.2 Å². The number of aliphatic imine (C=N–C) groups is 1. The lowest BCUT2D eigenvalue weighted by molar-refractivity contribution is 0.143. The van der Waals surface area contributed by atoms with Crippen molar-refractivity contribution in [2.45, 2.75) is 26.5 Å². The van der Waals surface area contributed by atoms with Crippen LogP contribution in [0.2, 0.25) is 0 Å². The third kappa shape index (κ3) is 8.86. The van der Waals surface area contributed by atoms with Gasteiger partial charge >= 0.3 is 0 Å². The van der Waals surface area contributed by atoms with E-state index in [4.69, 9.17) is 14.2 Å². The number of para-hydroxylation sites is 1. The highest BCUT2D eigenvalue weighted by molar-refractivity contribution is 14.0. The van der Waals surface area contributed by atoms with Crippen LogP contribution in [0.25, 0.3) is 0 Å². The second-order valence-electron chi connectivity index (χ2n) is 6.31. The SMILES string of the molecule is CN=C(NCc1cccnc1OCCOC)NCC(C)Oc1ccccc1C.I. The molecule has 0 bridgehead atoms. The normalized spacial score (nSPS) is 11.9. The number of pyridine rings is 1. The van der Waals surface area contributed by atoms with Crippen molar-refractivity contribution in [2.75, 3.05) is 33.9 Å². The van der Waals surface area contributed by atoms with E-state index < -0.39 is 0 Å². The molecule has 160 valence electrons. The van der Waals surface area contributed by atoms with Crippen LogP contribution in [0.1, 0.15) is 18.1 Å². The fraction of sp³-hybridized carbons (Fsp3) is 0.429. The standard InChI is InChI=1S/C21H30N4O3.HI/c1-16-8-5-6-10-19(16)28-17(2)14-24-21(22-3)25-15-18-9-7-11-23-20(18)27-13-12-26-4;/h5-11,17H,12-15H2,1-4H3,(H2,22,24,25);1H. The van der Waals surface area contributed by atoms with E-state index >= 15 is 0 Å². The first-order valence-corrected chi connectivity index (χ1v) is 9.36. The lowest BCUT2D eigenvalue weighted by Gasteiger charge is -2.19. The number of hydrogen-bond acceptors (Lipinski definition) is 5. The van der Waals surface area contributed by atoms with Crippen LogP contribution in [0.3, 0.4) is 0 Å². The summed E-state index contributed by atoms with van der Waals surface area (Å²) in [7, 11) is 3.38. The van der Waals surface area contributed by atoms with E-state index in [1.807, 2.05) is 50.2 Å². The van der Waals surface area contributed by atoms with E-state index in [1.165, 1.54) is 0 Å². The summed E-state index contributed by atoms with van der Waals surface area (Å²) in [6, 6.07) is 11.8. The molecule has 1 aromatic carbocycles. The Morgan fingerprint density at radius 2 is 1.93 bits per heavy atom. The molecular weight excluding hydrogens is 483 g/mol. The number of ether oxygens (including phenoxy) is 3. The van der Waals surface area contributed by atoms with Gasteiger partial charge in [-0.15, -0.1) is 24.0 Å².